The lowest BCUT2D eigenvalue weighted by atomic mass is 10.2. The number of ether oxygens (including phenoxy) is 2. The van der Waals surface area contributed by atoms with Crippen LogP contribution >= 0.6 is 15.9 Å². The van der Waals surface area contributed by atoms with Gasteiger partial charge in [-0.2, -0.15) is 0 Å². The SMILES string of the molecule is COc1cc(C)ccc1OCC(=O)Nc1ccccc1Br. The van der Waals surface area contributed by atoms with E-state index in [0.29, 0.717) is 17.2 Å². The second kappa shape index (κ2) is 7.13. The Kier molecular flexibility index (Phi) is 5.22. The van der Waals surface area contributed by atoms with Gasteiger partial charge in [-0.1, -0.05) is 18.2 Å². The molecule has 0 heterocycles. The summed E-state index contributed by atoms with van der Waals surface area (Å²) in [5.74, 6) is 0.929. The number of benzene rings is 2. The van der Waals surface area contributed by atoms with Gasteiger partial charge in [-0.25, -0.2) is 0 Å². The van der Waals surface area contributed by atoms with Crippen molar-refractivity contribution in [2.75, 3.05) is 19.0 Å². The number of aryl methyl sites for hydroxylation is 1. The molecule has 0 radical (unpaired) electrons. The van der Waals surface area contributed by atoms with Crippen molar-refractivity contribution >= 4 is 27.5 Å². The first-order valence-corrected chi connectivity index (χ1v) is 7.21. The molecule has 0 aromatic heterocycles. The highest BCUT2D eigenvalue weighted by molar-refractivity contribution is 9.10. The predicted molar refractivity (Wildman–Crippen MR) is 86.0 cm³/mol. The number of rotatable bonds is 5. The summed E-state index contributed by atoms with van der Waals surface area (Å²) in [7, 11) is 1.57. The van der Waals surface area contributed by atoms with E-state index in [1.807, 2.05) is 43.3 Å². The van der Waals surface area contributed by atoms with Gasteiger partial charge in [0, 0.05) is 4.47 Å². The van der Waals surface area contributed by atoms with Crippen molar-refractivity contribution in [2.24, 2.45) is 0 Å². The van der Waals surface area contributed by atoms with E-state index in [1.54, 1.807) is 13.2 Å². The van der Waals surface area contributed by atoms with Crippen molar-refractivity contribution in [3.05, 3.63) is 52.5 Å². The fourth-order valence-corrected chi connectivity index (χ4v) is 2.17. The Labute approximate surface area is 132 Å². The third-order valence-corrected chi connectivity index (χ3v) is 3.52. The number of hydrogen-bond acceptors (Lipinski definition) is 3. The largest absolute Gasteiger partial charge is 0.493 e. The zero-order chi connectivity index (χ0) is 15.2. The van der Waals surface area contributed by atoms with Crippen LogP contribution in [0.15, 0.2) is 46.9 Å². The molecule has 0 saturated carbocycles. The van der Waals surface area contributed by atoms with E-state index in [2.05, 4.69) is 21.2 Å². The van der Waals surface area contributed by atoms with Gasteiger partial charge >= 0.3 is 0 Å². The van der Waals surface area contributed by atoms with Crippen LogP contribution in [0.4, 0.5) is 5.69 Å². The molecule has 0 aliphatic rings. The summed E-state index contributed by atoms with van der Waals surface area (Å²) >= 11 is 3.38. The van der Waals surface area contributed by atoms with Gasteiger partial charge in [0.2, 0.25) is 0 Å². The van der Waals surface area contributed by atoms with Crippen LogP contribution < -0.4 is 14.8 Å². The molecule has 0 aliphatic carbocycles. The minimum absolute atomic E-state index is 0.0826. The van der Waals surface area contributed by atoms with E-state index >= 15 is 0 Å². The Morgan fingerprint density at radius 3 is 2.67 bits per heavy atom. The third-order valence-electron chi connectivity index (χ3n) is 2.83. The lowest BCUT2D eigenvalue weighted by Crippen LogP contribution is -2.20. The van der Waals surface area contributed by atoms with E-state index in [-0.39, 0.29) is 12.5 Å². The predicted octanol–water partition coefficient (Wildman–Crippen LogP) is 3.78. The van der Waals surface area contributed by atoms with Gasteiger partial charge in [0.1, 0.15) is 0 Å². The maximum atomic E-state index is 11.9. The number of carbonyl (C=O) groups is 1. The number of methoxy groups -OCH3 is 1. The molecule has 0 spiro atoms. The standard InChI is InChI=1S/C16H16BrNO3/c1-11-7-8-14(15(9-11)20-2)21-10-16(19)18-13-6-4-3-5-12(13)17/h3-9H,10H2,1-2H3,(H,18,19). The Morgan fingerprint density at radius 1 is 1.19 bits per heavy atom. The fraction of sp³-hybridized carbons (Fsp3) is 0.188. The Balaban J connectivity index is 1.97. The molecule has 1 N–H and O–H groups in total. The Hall–Kier alpha value is -2.01. The van der Waals surface area contributed by atoms with Crippen LogP contribution in [0.2, 0.25) is 0 Å². The highest BCUT2D eigenvalue weighted by Crippen LogP contribution is 2.27. The molecule has 2 rings (SSSR count). The number of carbonyl (C=O) groups excluding carboxylic acids is 1. The first-order valence-electron chi connectivity index (χ1n) is 6.42. The zero-order valence-electron chi connectivity index (χ0n) is 11.9. The summed E-state index contributed by atoms with van der Waals surface area (Å²) in [5, 5.41) is 2.78. The van der Waals surface area contributed by atoms with Gasteiger partial charge in [0.05, 0.1) is 12.8 Å². The minimum atomic E-state index is -0.232. The van der Waals surface area contributed by atoms with Crippen molar-refractivity contribution in [1.29, 1.82) is 0 Å². The molecule has 0 atom stereocenters. The van der Waals surface area contributed by atoms with E-state index in [9.17, 15) is 4.79 Å². The highest BCUT2D eigenvalue weighted by atomic mass is 79.9. The molecule has 2 aromatic rings. The Bertz CT molecular complexity index is 643. The molecule has 5 heteroatoms. The average molecular weight is 350 g/mol. The summed E-state index contributed by atoms with van der Waals surface area (Å²) in [4.78, 5) is 11.9. The number of anilines is 1. The first kappa shape index (κ1) is 15.4. The second-order valence-electron chi connectivity index (χ2n) is 4.47. The number of nitrogens with one attached hydrogen (secondary N) is 1. The number of amides is 1. The molecule has 110 valence electrons. The van der Waals surface area contributed by atoms with Crippen LogP contribution in [0.25, 0.3) is 0 Å². The summed E-state index contributed by atoms with van der Waals surface area (Å²) in [6.45, 7) is 1.88. The Morgan fingerprint density at radius 2 is 1.95 bits per heavy atom. The molecular weight excluding hydrogens is 334 g/mol. The van der Waals surface area contributed by atoms with Crippen molar-refractivity contribution in [3.8, 4) is 11.5 Å². The lowest BCUT2D eigenvalue weighted by molar-refractivity contribution is -0.118. The molecule has 0 aliphatic heterocycles. The summed E-state index contributed by atoms with van der Waals surface area (Å²) in [5.41, 5.74) is 1.78. The topological polar surface area (TPSA) is 47.6 Å². The maximum absolute atomic E-state index is 11.9. The third kappa shape index (κ3) is 4.23. The van der Waals surface area contributed by atoms with Crippen molar-refractivity contribution in [2.45, 2.75) is 6.92 Å². The average Bonchev–Trinajstić information content (AvgIpc) is 2.48. The van der Waals surface area contributed by atoms with Crippen LogP contribution in [-0.2, 0) is 4.79 Å². The van der Waals surface area contributed by atoms with Gasteiger partial charge in [-0.05, 0) is 52.7 Å². The van der Waals surface area contributed by atoms with Gasteiger partial charge in [-0.3, -0.25) is 4.79 Å². The van der Waals surface area contributed by atoms with Crippen molar-refractivity contribution in [3.63, 3.8) is 0 Å². The monoisotopic (exact) mass is 349 g/mol. The van der Waals surface area contributed by atoms with Crippen LogP contribution in [-0.4, -0.2) is 19.6 Å². The van der Waals surface area contributed by atoms with Gasteiger partial charge in [0.15, 0.2) is 18.1 Å². The molecule has 0 unspecified atom stereocenters. The second-order valence-corrected chi connectivity index (χ2v) is 5.33. The van der Waals surface area contributed by atoms with Gasteiger partial charge in [0.25, 0.3) is 5.91 Å². The van der Waals surface area contributed by atoms with Crippen molar-refractivity contribution < 1.29 is 14.3 Å². The van der Waals surface area contributed by atoms with E-state index < -0.39 is 0 Å². The zero-order valence-corrected chi connectivity index (χ0v) is 13.4. The van der Waals surface area contributed by atoms with Crippen LogP contribution in [0.3, 0.4) is 0 Å². The smallest absolute Gasteiger partial charge is 0.262 e. The van der Waals surface area contributed by atoms with Gasteiger partial charge < -0.3 is 14.8 Å². The summed E-state index contributed by atoms with van der Waals surface area (Å²) in [6.07, 6.45) is 0. The van der Waals surface area contributed by atoms with E-state index in [1.165, 1.54) is 0 Å². The van der Waals surface area contributed by atoms with E-state index in [4.69, 9.17) is 9.47 Å². The highest BCUT2D eigenvalue weighted by Gasteiger charge is 2.09. The number of halogens is 1. The van der Waals surface area contributed by atoms with Crippen LogP contribution in [0.1, 0.15) is 5.56 Å². The van der Waals surface area contributed by atoms with Crippen LogP contribution in [0.5, 0.6) is 11.5 Å². The molecule has 21 heavy (non-hydrogen) atoms. The quantitative estimate of drug-likeness (QED) is 0.893. The fourth-order valence-electron chi connectivity index (χ4n) is 1.79. The molecule has 4 nitrogen and oxygen atoms in total. The summed E-state index contributed by atoms with van der Waals surface area (Å²) in [6, 6.07) is 13.0. The van der Waals surface area contributed by atoms with E-state index in [0.717, 1.165) is 10.0 Å². The first-order chi connectivity index (χ1) is 10.1. The van der Waals surface area contributed by atoms with Gasteiger partial charge in [-0.15, -0.1) is 0 Å². The number of para-hydroxylation sites is 1. The summed E-state index contributed by atoms with van der Waals surface area (Å²) < 4.78 is 11.6. The normalized spacial score (nSPS) is 10.0. The van der Waals surface area contributed by atoms with Crippen LogP contribution in [0, 0.1) is 6.92 Å². The molecule has 1 amide bonds. The maximum Gasteiger partial charge on any atom is 0.262 e. The molecule has 0 bridgehead atoms. The lowest BCUT2D eigenvalue weighted by Gasteiger charge is -2.12. The number of hydrogen-bond donors (Lipinski definition) is 1. The van der Waals surface area contributed by atoms with Crippen molar-refractivity contribution in [1.82, 2.24) is 0 Å². The molecular formula is C16H16BrNO3. The molecule has 0 saturated heterocycles. The minimum Gasteiger partial charge on any atom is -0.493 e. The molecule has 0 fully saturated rings. The molecule has 2 aromatic carbocycles.